The van der Waals surface area contributed by atoms with Crippen molar-refractivity contribution in [3.63, 3.8) is 0 Å². The molecule has 0 aliphatic carbocycles. The molecule has 0 aliphatic heterocycles. The van der Waals surface area contributed by atoms with Gasteiger partial charge in [-0.2, -0.15) is 13.2 Å². The Bertz CT molecular complexity index is 1240. The average molecular weight is 477 g/mol. The Balaban J connectivity index is 0.00000167. The Labute approximate surface area is 206 Å². The molecule has 0 N–H and O–H groups in total. The van der Waals surface area contributed by atoms with Gasteiger partial charge in [0.25, 0.3) is 0 Å². The van der Waals surface area contributed by atoms with Crippen molar-refractivity contribution in [2.24, 2.45) is 0 Å². The molecule has 1 nitrogen and oxygen atoms in total. The summed E-state index contributed by atoms with van der Waals surface area (Å²) in [6, 6.07) is 30.6. The maximum Gasteiger partial charge on any atom is 0.416 e. The summed E-state index contributed by atoms with van der Waals surface area (Å²) in [5, 5.41) is 2.42. The van der Waals surface area contributed by atoms with Crippen molar-refractivity contribution in [1.82, 2.24) is 0 Å². The molecule has 0 bridgehead atoms. The molecule has 4 rings (SSSR count). The summed E-state index contributed by atoms with van der Waals surface area (Å²) < 4.78 is 41.5. The minimum atomic E-state index is -4.31. The van der Waals surface area contributed by atoms with Crippen LogP contribution in [-0.2, 0) is 12.6 Å². The third-order valence-corrected chi connectivity index (χ3v) is 6.02. The number of aryl methyl sites for hydroxylation is 1. The molecule has 0 saturated heterocycles. The molecule has 4 aromatic carbocycles. The van der Waals surface area contributed by atoms with Crippen LogP contribution in [0.25, 0.3) is 10.8 Å². The van der Waals surface area contributed by atoms with Crippen LogP contribution >= 0.6 is 0 Å². The third kappa shape index (κ3) is 7.05. The van der Waals surface area contributed by atoms with E-state index in [0.717, 1.165) is 24.6 Å². The second-order valence-corrected chi connectivity index (χ2v) is 8.32. The van der Waals surface area contributed by atoms with Crippen LogP contribution in [0.5, 0.6) is 0 Å². The summed E-state index contributed by atoms with van der Waals surface area (Å²) in [6.07, 6.45) is -0.824. The van der Waals surface area contributed by atoms with Crippen LogP contribution in [-0.4, -0.2) is 17.3 Å². The molecule has 35 heavy (non-hydrogen) atoms. The SMILES string of the molecule is CC.CC(c1cccc2ccccc12)[N+](=Cc1ccccc1)CCCc1cccc(C(F)(F)F)c1. The number of rotatable bonds is 7. The van der Waals surface area contributed by atoms with Gasteiger partial charge in [-0.05, 0) is 41.0 Å². The smallest absolute Gasteiger partial charge is 0.229 e. The van der Waals surface area contributed by atoms with Crippen LogP contribution in [0, 0.1) is 0 Å². The summed E-state index contributed by atoms with van der Waals surface area (Å²) in [6.45, 7) is 6.92. The van der Waals surface area contributed by atoms with Gasteiger partial charge in [-0.3, -0.25) is 0 Å². The Morgan fingerprint density at radius 2 is 1.46 bits per heavy atom. The second kappa shape index (κ2) is 12.3. The van der Waals surface area contributed by atoms with Gasteiger partial charge in [0.05, 0.1) is 5.56 Å². The van der Waals surface area contributed by atoms with Gasteiger partial charge >= 0.3 is 6.18 Å². The van der Waals surface area contributed by atoms with Crippen molar-refractivity contribution >= 4 is 17.0 Å². The Morgan fingerprint density at radius 3 is 2.20 bits per heavy atom. The fourth-order valence-corrected chi connectivity index (χ4v) is 4.26. The van der Waals surface area contributed by atoms with E-state index in [0.29, 0.717) is 12.0 Å². The minimum Gasteiger partial charge on any atom is -0.229 e. The number of alkyl halides is 3. The fourth-order valence-electron chi connectivity index (χ4n) is 4.26. The first-order valence-corrected chi connectivity index (χ1v) is 12.2. The number of hydrogen-bond acceptors (Lipinski definition) is 0. The molecular weight excluding hydrogens is 443 g/mol. The fraction of sp³-hybridized carbons (Fsp3) is 0.258. The largest absolute Gasteiger partial charge is 0.416 e. The lowest BCUT2D eigenvalue weighted by atomic mass is 9.99. The summed E-state index contributed by atoms with van der Waals surface area (Å²) in [5.74, 6) is 0. The second-order valence-electron chi connectivity index (χ2n) is 8.32. The van der Waals surface area contributed by atoms with Crippen molar-refractivity contribution < 1.29 is 17.7 Å². The zero-order valence-electron chi connectivity index (χ0n) is 20.6. The summed E-state index contributed by atoms with van der Waals surface area (Å²) in [4.78, 5) is 0. The zero-order valence-corrected chi connectivity index (χ0v) is 20.6. The predicted octanol–water partition coefficient (Wildman–Crippen LogP) is 8.71. The predicted molar refractivity (Wildman–Crippen MR) is 140 cm³/mol. The summed E-state index contributed by atoms with van der Waals surface area (Å²) in [5.41, 5.74) is 2.46. The molecule has 0 aliphatic rings. The van der Waals surface area contributed by atoms with Crippen LogP contribution in [0.3, 0.4) is 0 Å². The molecule has 1 unspecified atom stereocenters. The molecule has 1 atom stereocenters. The summed E-state index contributed by atoms with van der Waals surface area (Å²) >= 11 is 0. The zero-order chi connectivity index (χ0) is 25.3. The highest BCUT2D eigenvalue weighted by atomic mass is 19.4. The number of nitrogens with zero attached hydrogens (tertiary/aromatic N) is 1. The van der Waals surface area contributed by atoms with E-state index in [1.54, 1.807) is 6.07 Å². The maximum absolute atomic E-state index is 13.1. The van der Waals surface area contributed by atoms with Gasteiger partial charge < -0.3 is 0 Å². The molecule has 0 radical (unpaired) electrons. The van der Waals surface area contributed by atoms with Gasteiger partial charge in [0, 0.05) is 24.5 Å². The van der Waals surface area contributed by atoms with Gasteiger partial charge in [0.15, 0.2) is 12.3 Å². The van der Waals surface area contributed by atoms with E-state index in [4.69, 9.17) is 0 Å². The first-order valence-electron chi connectivity index (χ1n) is 12.2. The first kappa shape index (κ1) is 26.2. The van der Waals surface area contributed by atoms with E-state index >= 15 is 0 Å². The standard InChI is InChI=1S/C29H27F3N.C2H6/c1-22(27-18-8-15-25-14-5-6-17-28(25)27)33(21-24-10-3-2-4-11-24)19-9-13-23-12-7-16-26(20-23)29(30,31)32;1-2/h2-8,10-12,14-18,20-22H,9,13,19H2,1H3;1-2H3/q+1;. The van der Waals surface area contributed by atoms with Crippen molar-refractivity contribution in [1.29, 1.82) is 0 Å². The normalized spacial score (nSPS) is 12.7. The maximum atomic E-state index is 13.1. The van der Waals surface area contributed by atoms with Crippen LogP contribution < -0.4 is 0 Å². The van der Waals surface area contributed by atoms with Gasteiger partial charge in [0.2, 0.25) is 0 Å². The van der Waals surface area contributed by atoms with Crippen LogP contribution in [0.4, 0.5) is 13.2 Å². The summed E-state index contributed by atoms with van der Waals surface area (Å²) in [7, 11) is 0. The third-order valence-electron chi connectivity index (χ3n) is 6.02. The molecule has 0 heterocycles. The highest BCUT2D eigenvalue weighted by Gasteiger charge is 2.30. The number of hydrogen-bond donors (Lipinski definition) is 0. The first-order chi connectivity index (χ1) is 16.9. The van der Waals surface area contributed by atoms with E-state index in [1.165, 1.54) is 28.5 Å². The van der Waals surface area contributed by atoms with E-state index in [9.17, 15) is 13.2 Å². The molecule has 0 amide bonds. The molecule has 0 spiro atoms. The van der Waals surface area contributed by atoms with Crippen LogP contribution in [0.15, 0.2) is 97.1 Å². The molecule has 0 aromatic heterocycles. The average Bonchev–Trinajstić information content (AvgIpc) is 2.89. The Kier molecular flexibility index (Phi) is 9.25. The van der Waals surface area contributed by atoms with E-state index in [-0.39, 0.29) is 6.04 Å². The molecular formula is C31H33F3N+. The van der Waals surface area contributed by atoms with Crippen molar-refractivity contribution in [2.75, 3.05) is 6.54 Å². The van der Waals surface area contributed by atoms with Crippen molar-refractivity contribution in [2.45, 2.75) is 45.8 Å². The molecule has 0 saturated carbocycles. The van der Waals surface area contributed by atoms with Gasteiger partial charge in [-0.1, -0.05) is 92.7 Å². The Morgan fingerprint density at radius 1 is 0.800 bits per heavy atom. The molecule has 182 valence electrons. The van der Waals surface area contributed by atoms with E-state index in [2.05, 4.69) is 66.2 Å². The quantitative estimate of drug-likeness (QED) is 0.185. The number of benzene rings is 4. The van der Waals surface area contributed by atoms with E-state index in [1.807, 2.05) is 38.1 Å². The van der Waals surface area contributed by atoms with Gasteiger partial charge in [-0.25, -0.2) is 4.58 Å². The van der Waals surface area contributed by atoms with Crippen molar-refractivity contribution in [3.8, 4) is 0 Å². The molecule has 4 aromatic rings. The van der Waals surface area contributed by atoms with Gasteiger partial charge in [-0.15, -0.1) is 0 Å². The number of halogens is 3. The topological polar surface area (TPSA) is 3.01 Å². The lowest BCUT2D eigenvalue weighted by Crippen LogP contribution is -2.20. The lowest BCUT2D eigenvalue weighted by Gasteiger charge is -2.15. The minimum absolute atomic E-state index is 0.109. The Hall–Kier alpha value is -3.40. The lowest BCUT2D eigenvalue weighted by molar-refractivity contribution is -0.564. The number of fused-ring (bicyclic) bond motifs is 1. The van der Waals surface area contributed by atoms with Gasteiger partial charge in [0.1, 0.15) is 6.54 Å². The van der Waals surface area contributed by atoms with Crippen molar-refractivity contribution in [3.05, 3.63) is 119 Å². The van der Waals surface area contributed by atoms with E-state index < -0.39 is 11.7 Å². The highest BCUT2D eigenvalue weighted by Crippen LogP contribution is 2.30. The van der Waals surface area contributed by atoms with Crippen LogP contribution in [0.1, 0.15) is 55.5 Å². The van der Waals surface area contributed by atoms with Crippen LogP contribution in [0.2, 0.25) is 0 Å². The highest BCUT2D eigenvalue weighted by molar-refractivity contribution is 5.86. The molecule has 0 fully saturated rings. The molecule has 4 heteroatoms. The monoisotopic (exact) mass is 476 g/mol.